The molecule has 0 nitrogen and oxygen atoms in total. The van der Waals surface area contributed by atoms with Crippen molar-refractivity contribution in [2.75, 3.05) is 0 Å². The average molecular weight is 180 g/mol. The molecular weight excluding hydrogens is 155 g/mol. The molecule has 3 unspecified atom stereocenters. The maximum atomic E-state index is 2.47. The van der Waals surface area contributed by atoms with Crippen LogP contribution in [-0.2, 0) is 0 Å². The van der Waals surface area contributed by atoms with Crippen molar-refractivity contribution in [1.82, 2.24) is 0 Å². The number of hydrogen-bond acceptors (Lipinski definition) is 0. The third kappa shape index (κ3) is 1.95. The molecule has 0 N–H and O–H groups in total. The summed E-state index contributed by atoms with van der Waals surface area (Å²) >= 11 is 0. The zero-order chi connectivity index (χ0) is 10.2. The molecule has 1 aliphatic rings. The normalized spacial score (nSPS) is 39.0. The van der Waals surface area contributed by atoms with Crippen molar-refractivity contribution in [1.29, 1.82) is 0 Å². The number of rotatable bonds is 3. The molecule has 3 atom stereocenters. The van der Waals surface area contributed by atoms with Gasteiger partial charge in [-0.3, -0.25) is 0 Å². The highest BCUT2D eigenvalue weighted by molar-refractivity contribution is 6.59. The highest BCUT2D eigenvalue weighted by Crippen LogP contribution is 2.60. The van der Waals surface area contributed by atoms with Crippen LogP contribution in [0.4, 0.5) is 0 Å². The molecule has 1 rings (SSSR count). The lowest BCUT2D eigenvalue weighted by Crippen LogP contribution is -2.46. The molecule has 0 radical (unpaired) electrons. The van der Waals surface area contributed by atoms with Gasteiger partial charge in [-0.1, -0.05) is 53.1 Å². The molecule has 0 amide bonds. The molecule has 76 valence electrons. The molecule has 0 saturated heterocycles. The molecule has 1 aliphatic carbocycles. The second-order valence-electron chi connectivity index (χ2n) is 6.04. The Balaban J connectivity index is 2.46. The summed E-state index contributed by atoms with van der Waals surface area (Å²) in [5, 5.41) is 0.638. The van der Waals surface area contributed by atoms with Crippen molar-refractivity contribution in [2.45, 2.75) is 59.5 Å². The predicted molar refractivity (Wildman–Crippen MR) is 62.6 cm³/mol. The van der Waals surface area contributed by atoms with E-state index >= 15 is 0 Å². The smallest absolute Gasteiger partial charge is 0.0858 e. The minimum absolute atomic E-state index is 0.638. The summed E-state index contributed by atoms with van der Waals surface area (Å²) in [7, 11) is 0. The van der Waals surface area contributed by atoms with Crippen molar-refractivity contribution >= 4 is 6.71 Å². The Morgan fingerprint density at radius 2 is 1.92 bits per heavy atom. The third-order valence-corrected chi connectivity index (χ3v) is 4.54. The van der Waals surface area contributed by atoms with E-state index in [1.165, 1.54) is 12.8 Å². The van der Waals surface area contributed by atoms with E-state index < -0.39 is 0 Å². The maximum absolute atomic E-state index is 2.47. The molecule has 0 aromatic carbocycles. The van der Waals surface area contributed by atoms with Gasteiger partial charge in [0, 0.05) is 0 Å². The van der Waals surface area contributed by atoms with Crippen LogP contribution >= 0.6 is 0 Å². The predicted octanol–water partition coefficient (Wildman–Crippen LogP) is 4.20. The van der Waals surface area contributed by atoms with Crippen LogP contribution in [0.15, 0.2) is 0 Å². The Labute approximate surface area is 84.6 Å². The van der Waals surface area contributed by atoms with Crippen LogP contribution in [0, 0.1) is 17.8 Å². The van der Waals surface area contributed by atoms with Crippen LogP contribution in [-0.4, -0.2) is 6.71 Å². The SMILES string of the molecule is CB(C)C1(C)CC(CC(C)C)C1C. The summed E-state index contributed by atoms with van der Waals surface area (Å²) in [5.41, 5.74) is 0. The van der Waals surface area contributed by atoms with Gasteiger partial charge in [0.25, 0.3) is 0 Å². The lowest BCUT2D eigenvalue weighted by Gasteiger charge is -2.55. The quantitative estimate of drug-likeness (QED) is 0.571. The van der Waals surface area contributed by atoms with Crippen molar-refractivity contribution in [2.24, 2.45) is 17.8 Å². The van der Waals surface area contributed by atoms with E-state index in [1.807, 2.05) is 0 Å². The van der Waals surface area contributed by atoms with Gasteiger partial charge >= 0.3 is 0 Å². The van der Waals surface area contributed by atoms with Crippen molar-refractivity contribution in [3.63, 3.8) is 0 Å². The molecule has 0 heterocycles. The van der Waals surface area contributed by atoms with Crippen molar-refractivity contribution in [3.05, 3.63) is 0 Å². The standard InChI is InChI=1S/C12H25B/c1-9(2)7-11-8-12(4,10(11)3)13(5)6/h9-11H,7-8H2,1-6H3. The summed E-state index contributed by atoms with van der Waals surface area (Å²) in [6.07, 6.45) is 2.90. The molecule has 0 bridgehead atoms. The highest BCUT2D eigenvalue weighted by Gasteiger charge is 2.49. The van der Waals surface area contributed by atoms with Crippen LogP contribution < -0.4 is 0 Å². The lowest BCUT2D eigenvalue weighted by atomic mass is 9.26. The van der Waals surface area contributed by atoms with Crippen LogP contribution in [0.3, 0.4) is 0 Å². The number of hydrogen-bond donors (Lipinski definition) is 0. The van der Waals surface area contributed by atoms with Crippen molar-refractivity contribution < 1.29 is 0 Å². The molecule has 13 heavy (non-hydrogen) atoms. The molecule has 1 heteroatoms. The molecular formula is C12H25B. The largest absolute Gasteiger partial charge is 0.140 e. The summed E-state index contributed by atoms with van der Waals surface area (Å²) in [4.78, 5) is 0. The molecule has 0 aromatic rings. The first-order chi connectivity index (χ1) is 5.88. The van der Waals surface area contributed by atoms with E-state index in [4.69, 9.17) is 0 Å². The van der Waals surface area contributed by atoms with Gasteiger partial charge < -0.3 is 0 Å². The maximum Gasteiger partial charge on any atom is 0.140 e. The highest BCUT2D eigenvalue weighted by atomic mass is 14.5. The minimum atomic E-state index is 0.638. The Morgan fingerprint density at radius 1 is 1.38 bits per heavy atom. The van der Waals surface area contributed by atoms with E-state index in [-0.39, 0.29) is 0 Å². The van der Waals surface area contributed by atoms with E-state index in [1.54, 1.807) is 0 Å². The molecule has 0 spiro atoms. The van der Waals surface area contributed by atoms with Gasteiger partial charge in [-0.25, -0.2) is 0 Å². The molecule has 1 saturated carbocycles. The van der Waals surface area contributed by atoms with E-state index in [0.717, 1.165) is 24.5 Å². The summed E-state index contributed by atoms with van der Waals surface area (Å²) in [6, 6.07) is 0. The zero-order valence-corrected chi connectivity index (χ0v) is 10.2. The van der Waals surface area contributed by atoms with E-state index in [2.05, 4.69) is 41.3 Å². The van der Waals surface area contributed by atoms with Crippen LogP contribution in [0.2, 0.25) is 19.0 Å². The monoisotopic (exact) mass is 180 g/mol. The van der Waals surface area contributed by atoms with Crippen LogP contribution in [0.5, 0.6) is 0 Å². The first kappa shape index (κ1) is 11.1. The van der Waals surface area contributed by atoms with Gasteiger partial charge in [0.05, 0.1) is 0 Å². The fourth-order valence-electron chi connectivity index (χ4n) is 2.96. The van der Waals surface area contributed by atoms with Gasteiger partial charge in [0.2, 0.25) is 0 Å². The Bertz CT molecular complexity index is 174. The first-order valence-electron chi connectivity index (χ1n) is 5.88. The summed E-state index contributed by atoms with van der Waals surface area (Å²) < 4.78 is 0. The minimum Gasteiger partial charge on any atom is -0.0858 e. The Morgan fingerprint density at radius 3 is 2.23 bits per heavy atom. The topological polar surface area (TPSA) is 0 Å². The molecule has 0 aromatic heterocycles. The Kier molecular flexibility index (Phi) is 3.14. The Hall–Kier alpha value is 0.0649. The van der Waals surface area contributed by atoms with Crippen LogP contribution in [0.25, 0.3) is 0 Å². The zero-order valence-electron chi connectivity index (χ0n) is 10.2. The first-order valence-corrected chi connectivity index (χ1v) is 5.88. The summed E-state index contributed by atoms with van der Waals surface area (Å²) in [5.74, 6) is 2.83. The average Bonchev–Trinajstić information content (AvgIpc) is 2.01. The van der Waals surface area contributed by atoms with Gasteiger partial charge in [0.15, 0.2) is 0 Å². The molecule has 0 aliphatic heterocycles. The second-order valence-corrected chi connectivity index (χ2v) is 6.04. The lowest BCUT2D eigenvalue weighted by molar-refractivity contribution is 0.0942. The van der Waals surface area contributed by atoms with E-state index in [0.29, 0.717) is 5.31 Å². The van der Waals surface area contributed by atoms with Gasteiger partial charge in [-0.2, -0.15) is 0 Å². The van der Waals surface area contributed by atoms with Crippen LogP contribution in [0.1, 0.15) is 40.5 Å². The van der Waals surface area contributed by atoms with Gasteiger partial charge in [0.1, 0.15) is 6.71 Å². The third-order valence-electron chi connectivity index (χ3n) is 4.54. The van der Waals surface area contributed by atoms with E-state index in [9.17, 15) is 0 Å². The van der Waals surface area contributed by atoms with Gasteiger partial charge in [-0.15, -0.1) is 0 Å². The van der Waals surface area contributed by atoms with Crippen molar-refractivity contribution in [3.8, 4) is 0 Å². The second kappa shape index (κ2) is 3.67. The van der Waals surface area contributed by atoms with Gasteiger partial charge in [-0.05, 0) is 24.2 Å². The molecule has 1 fully saturated rings. The fourth-order valence-corrected chi connectivity index (χ4v) is 2.96. The summed E-state index contributed by atoms with van der Waals surface area (Å²) in [6.45, 7) is 15.2. The fraction of sp³-hybridized carbons (Fsp3) is 1.00.